The zero-order valence-corrected chi connectivity index (χ0v) is 12.8. The van der Waals surface area contributed by atoms with E-state index >= 15 is 0 Å². The van der Waals surface area contributed by atoms with E-state index in [0.29, 0.717) is 10.7 Å². The minimum atomic E-state index is -0.710. The van der Waals surface area contributed by atoms with Gasteiger partial charge in [0.1, 0.15) is 6.04 Å². The lowest BCUT2D eigenvalue weighted by molar-refractivity contribution is -0.117. The van der Waals surface area contributed by atoms with Crippen LogP contribution in [0.2, 0.25) is 5.02 Å². The molecule has 0 saturated heterocycles. The van der Waals surface area contributed by atoms with Crippen LogP contribution in [0.4, 0.5) is 11.4 Å². The summed E-state index contributed by atoms with van der Waals surface area (Å²) < 4.78 is 0. The molecular weight excluding hydrogens is 286 g/mol. The molecule has 5 heteroatoms. The third kappa shape index (κ3) is 3.74. The molecule has 0 aliphatic heterocycles. The highest BCUT2D eigenvalue weighted by molar-refractivity contribution is 6.33. The standard InChI is InChI=1S/C16H18ClN3O/c1-20(2)14-9-8-12(10-13(14)17)19-16(21)15(18)11-6-4-3-5-7-11/h3-10,15H,18H2,1-2H3,(H,19,21). The summed E-state index contributed by atoms with van der Waals surface area (Å²) in [6.07, 6.45) is 0. The number of nitrogens with zero attached hydrogens (tertiary/aromatic N) is 1. The van der Waals surface area contributed by atoms with Gasteiger partial charge in [0.05, 0.1) is 10.7 Å². The molecule has 0 aromatic heterocycles. The number of nitrogens with one attached hydrogen (secondary N) is 1. The number of halogens is 1. The number of rotatable bonds is 4. The molecule has 0 fully saturated rings. The molecule has 0 spiro atoms. The van der Waals surface area contributed by atoms with E-state index in [9.17, 15) is 4.79 Å². The van der Waals surface area contributed by atoms with E-state index in [1.807, 2.05) is 55.4 Å². The average Bonchev–Trinajstić information content (AvgIpc) is 2.47. The second-order valence-electron chi connectivity index (χ2n) is 4.94. The van der Waals surface area contributed by atoms with Gasteiger partial charge in [-0.05, 0) is 23.8 Å². The molecule has 1 atom stereocenters. The van der Waals surface area contributed by atoms with Crippen molar-refractivity contribution in [2.24, 2.45) is 5.73 Å². The second-order valence-corrected chi connectivity index (χ2v) is 5.35. The van der Waals surface area contributed by atoms with Crippen molar-refractivity contribution >= 4 is 28.9 Å². The average molecular weight is 304 g/mol. The van der Waals surface area contributed by atoms with Crippen LogP contribution in [-0.2, 0) is 4.79 Å². The third-order valence-electron chi connectivity index (χ3n) is 3.14. The lowest BCUT2D eigenvalue weighted by Gasteiger charge is -2.16. The number of hydrogen-bond donors (Lipinski definition) is 2. The van der Waals surface area contributed by atoms with Crippen LogP contribution < -0.4 is 16.0 Å². The van der Waals surface area contributed by atoms with Crippen LogP contribution >= 0.6 is 11.6 Å². The van der Waals surface area contributed by atoms with Crippen LogP contribution in [0, 0.1) is 0 Å². The quantitative estimate of drug-likeness (QED) is 0.912. The maximum atomic E-state index is 12.2. The predicted octanol–water partition coefficient (Wildman–Crippen LogP) is 3.04. The summed E-state index contributed by atoms with van der Waals surface area (Å²) in [6, 6.07) is 13.9. The van der Waals surface area contributed by atoms with E-state index < -0.39 is 6.04 Å². The normalized spacial score (nSPS) is 11.8. The smallest absolute Gasteiger partial charge is 0.245 e. The lowest BCUT2D eigenvalue weighted by Crippen LogP contribution is -2.27. The molecule has 0 radical (unpaired) electrons. The Morgan fingerprint density at radius 1 is 1.19 bits per heavy atom. The Balaban J connectivity index is 2.11. The Kier molecular flexibility index (Phi) is 4.83. The maximum absolute atomic E-state index is 12.2. The Morgan fingerprint density at radius 3 is 2.43 bits per heavy atom. The molecule has 2 aromatic rings. The van der Waals surface area contributed by atoms with Gasteiger partial charge in [0.15, 0.2) is 0 Å². The van der Waals surface area contributed by atoms with E-state index in [4.69, 9.17) is 17.3 Å². The van der Waals surface area contributed by atoms with Crippen LogP contribution in [0.5, 0.6) is 0 Å². The van der Waals surface area contributed by atoms with Gasteiger partial charge >= 0.3 is 0 Å². The highest BCUT2D eigenvalue weighted by Gasteiger charge is 2.16. The Morgan fingerprint density at radius 2 is 1.86 bits per heavy atom. The molecule has 4 nitrogen and oxygen atoms in total. The molecular formula is C16H18ClN3O. The minimum Gasteiger partial charge on any atom is -0.376 e. The van der Waals surface area contributed by atoms with Crippen molar-refractivity contribution in [1.29, 1.82) is 0 Å². The van der Waals surface area contributed by atoms with Crippen molar-refractivity contribution in [1.82, 2.24) is 0 Å². The fraction of sp³-hybridized carbons (Fsp3) is 0.188. The highest BCUT2D eigenvalue weighted by Crippen LogP contribution is 2.27. The molecule has 0 bridgehead atoms. The summed E-state index contributed by atoms with van der Waals surface area (Å²) >= 11 is 6.18. The van der Waals surface area contributed by atoms with Crippen molar-refractivity contribution < 1.29 is 4.79 Å². The van der Waals surface area contributed by atoms with Crippen molar-refractivity contribution in [2.45, 2.75) is 6.04 Å². The zero-order valence-electron chi connectivity index (χ0n) is 12.0. The highest BCUT2D eigenvalue weighted by atomic mass is 35.5. The monoisotopic (exact) mass is 303 g/mol. The molecule has 21 heavy (non-hydrogen) atoms. The molecule has 2 aromatic carbocycles. The maximum Gasteiger partial charge on any atom is 0.245 e. The lowest BCUT2D eigenvalue weighted by atomic mass is 10.1. The van der Waals surface area contributed by atoms with E-state index in [1.165, 1.54) is 0 Å². The summed E-state index contributed by atoms with van der Waals surface area (Å²) in [6.45, 7) is 0. The summed E-state index contributed by atoms with van der Waals surface area (Å²) in [5, 5.41) is 3.36. The van der Waals surface area contributed by atoms with Gasteiger partial charge in [-0.2, -0.15) is 0 Å². The van der Waals surface area contributed by atoms with Crippen molar-refractivity contribution in [3.63, 3.8) is 0 Å². The fourth-order valence-corrected chi connectivity index (χ4v) is 2.33. The van der Waals surface area contributed by atoms with Gasteiger partial charge in [0, 0.05) is 19.8 Å². The molecule has 3 N–H and O–H groups in total. The summed E-state index contributed by atoms with van der Waals surface area (Å²) in [5.41, 5.74) is 8.24. The van der Waals surface area contributed by atoms with Gasteiger partial charge in [-0.25, -0.2) is 0 Å². The molecule has 0 aliphatic carbocycles. The van der Waals surface area contributed by atoms with Crippen LogP contribution in [-0.4, -0.2) is 20.0 Å². The summed E-state index contributed by atoms with van der Waals surface area (Å²) in [5.74, 6) is -0.269. The van der Waals surface area contributed by atoms with Gasteiger partial charge < -0.3 is 16.0 Å². The predicted molar refractivity (Wildman–Crippen MR) is 87.8 cm³/mol. The van der Waals surface area contributed by atoms with Gasteiger partial charge in [-0.1, -0.05) is 41.9 Å². The summed E-state index contributed by atoms with van der Waals surface area (Å²) in [7, 11) is 3.82. The van der Waals surface area contributed by atoms with Gasteiger partial charge in [-0.3, -0.25) is 4.79 Å². The topological polar surface area (TPSA) is 58.4 Å². The number of nitrogens with two attached hydrogens (primary N) is 1. The SMILES string of the molecule is CN(C)c1ccc(NC(=O)C(N)c2ccccc2)cc1Cl. The summed E-state index contributed by atoms with van der Waals surface area (Å²) in [4.78, 5) is 14.1. The molecule has 1 amide bonds. The third-order valence-corrected chi connectivity index (χ3v) is 3.44. The van der Waals surface area contributed by atoms with Gasteiger partial charge in [0.2, 0.25) is 5.91 Å². The van der Waals surface area contributed by atoms with E-state index in [0.717, 1.165) is 11.3 Å². The van der Waals surface area contributed by atoms with Crippen molar-refractivity contribution in [2.75, 3.05) is 24.3 Å². The first kappa shape index (κ1) is 15.4. The van der Waals surface area contributed by atoms with E-state index in [1.54, 1.807) is 12.1 Å². The molecule has 0 saturated carbocycles. The molecule has 1 unspecified atom stereocenters. The number of carbonyl (C=O) groups is 1. The Labute approximate surface area is 129 Å². The first-order chi connectivity index (χ1) is 9.99. The zero-order chi connectivity index (χ0) is 15.4. The first-order valence-electron chi connectivity index (χ1n) is 6.57. The molecule has 0 aliphatic rings. The van der Waals surface area contributed by atoms with Crippen LogP contribution in [0.15, 0.2) is 48.5 Å². The number of benzene rings is 2. The van der Waals surface area contributed by atoms with Crippen LogP contribution in [0.3, 0.4) is 0 Å². The number of carbonyl (C=O) groups excluding carboxylic acids is 1. The van der Waals surface area contributed by atoms with Gasteiger partial charge in [0.25, 0.3) is 0 Å². The van der Waals surface area contributed by atoms with Crippen LogP contribution in [0.25, 0.3) is 0 Å². The molecule has 110 valence electrons. The van der Waals surface area contributed by atoms with Crippen molar-refractivity contribution in [3.05, 3.63) is 59.1 Å². The van der Waals surface area contributed by atoms with E-state index in [2.05, 4.69) is 5.32 Å². The minimum absolute atomic E-state index is 0.269. The second kappa shape index (κ2) is 6.61. The van der Waals surface area contributed by atoms with E-state index in [-0.39, 0.29) is 5.91 Å². The van der Waals surface area contributed by atoms with Crippen LogP contribution in [0.1, 0.15) is 11.6 Å². The van der Waals surface area contributed by atoms with Crippen molar-refractivity contribution in [3.8, 4) is 0 Å². The fourth-order valence-electron chi connectivity index (χ4n) is 1.98. The largest absolute Gasteiger partial charge is 0.376 e. The number of amides is 1. The molecule has 2 rings (SSSR count). The molecule has 0 heterocycles. The van der Waals surface area contributed by atoms with Gasteiger partial charge in [-0.15, -0.1) is 0 Å². The first-order valence-corrected chi connectivity index (χ1v) is 6.95. The Bertz CT molecular complexity index is 629. The Hall–Kier alpha value is -2.04. The number of anilines is 2. The number of hydrogen-bond acceptors (Lipinski definition) is 3.